The second kappa shape index (κ2) is 6.48. The van der Waals surface area contributed by atoms with Crippen molar-refractivity contribution in [1.29, 1.82) is 0 Å². The van der Waals surface area contributed by atoms with Crippen LogP contribution in [0.15, 0.2) is 0 Å². The molecule has 0 aromatic rings. The lowest BCUT2D eigenvalue weighted by Crippen LogP contribution is -2.07. The van der Waals surface area contributed by atoms with Gasteiger partial charge in [0.15, 0.2) is 0 Å². The van der Waals surface area contributed by atoms with Crippen molar-refractivity contribution in [1.82, 2.24) is 0 Å². The highest BCUT2D eigenvalue weighted by molar-refractivity contribution is 7.82. The fourth-order valence-electron chi connectivity index (χ4n) is 0.409. The second-order valence-electron chi connectivity index (χ2n) is 1.63. The quantitative estimate of drug-likeness (QED) is 0.355. The normalized spacial score (nSPS) is 16.7. The van der Waals surface area contributed by atoms with Gasteiger partial charge in [0.25, 0.3) is 0 Å². The summed E-state index contributed by atoms with van der Waals surface area (Å²) in [6, 6.07) is 0. The van der Waals surface area contributed by atoms with Crippen LogP contribution in [0.3, 0.4) is 0 Å². The zero-order valence-corrected chi connectivity index (χ0v) is 7.87. The van der Waals surface area contributed by atoms with Crippen LogP contribution < -0.4 is 0 Å². The average molecular weight is 202 g/mol. The average Bonchev–Trinajstić information content (AvgIpc) is 1.82. The van der Waals surface area contributed by atoms with Crippen LogP contribution in [0, 0.1) is 0 Å². The standard InChI is InChI=1S/C4H10O3S3/c5-10(6)7-4(9)2-1-3-8/h4,8-9H,1-3H2,(H,5,6). The van der Waals surface area contributed by atoms with E-state index in [0.29, 0.717) is 6.42 Å². The summed E-state index contributed by atoms with van der Waals surface area (Å²) in [7, 11) is 0. The Balaban J connectivity index is 3.25. The van der Waals surface area contributed by atoms with E-state index in [1.807, 2.05) is 0 Å². The molecule has 10 heavy (non-hydrogen) atoms. The lowest BCUT2D eigenvalue weighted by molar-refractivity contribution is 0.274. The molecule has 2 atom stereocenters. The van der Waals surface area contributed by atoms with E-state index < -0.39 is 16.8 Å². The van der Waals surface area contributed by atoms with Crippen LogP contribution in [0.25, 0.3) is 0 Å². The first-order valence-corrected chi connectivity index (χ1v) is 4.91. The summed E-state index contributed by atoms with van der Waals surface area (Å²) in [6.45, 7) is 0. The third kappa shape index (κ3) is 6.88. The molecule has 0 rings (SSSR count). The van der Waals surface area contributed by atoms with Crippen LogP contribution in [0.5, 0.6) is 0 Å². The molecular formula is C4H10O3S3. The summed E-state index contributed by atoms with van der Waals surface area (Å²) in [5.74, 6) is 0.735. The van der Waals surface area contributed by atoms with Crippen molar-refractivity contribution in [3.63, 3.8) is 0 Å². The molecule has 0 aromatic heterocycles. The van der Waals surface area contributed by atoms with Gasteiger partial charge in [-0.15, -0.1) is 12.6 Å². The van der Waals surface area contributed by atoms with E-state index >= 15 is 0 Å². The molecule has 0 fully saturated rings. The van der Waals surface area contributed by atoms with Crippen LogP contribution in [0.1, 0.15) is 12.8 Å². The highest BCUT2D eigenvalue weighted by Crippen LogP contribution is 2.07. The molecule has 0 aliphatic carbocycles. The second-order valence-corrected chi connectivity index (χ2v) is 3.28. The molecule has 0 saturated carbocycles. The Labute approximate surface area is 73.8 Å². The number of thiol groups is 2. The number of hydrogen-bond donors (Lipinski definition) is 3. The van der Waals surface area contributed by atoms with Crippen molar-refractivity contribution in [3.05, 3.63) is 0 Å². The van der Waals surface area contributed by atoms with E-state index in [-0.39, 0.29) is 0 Å². The van der Waals surface area contributed by atoms with Gasteiger partial charge in [-0.2, -0.15) is 16.8 Å². The van der Waals surface area contributed by atoms with E-state index in [0.717, 1.165) is 12.2 Å². The molecule has 6 heteroatoms. The van der Waals surface area contributed by atoms with Crippen molar-refractivity contribution in [2.75, 3.05) is 5.75 Å². The minimum atomic E-state index is -2.20. The van der Waals surface area contributed by atoms with Gasteiger partial charge in [0, 0.05) is 0 Å². The molecule has 0 spiro atoms. The maximum atomic E-state index is 9.99. The van der Waals surface area contributed by atoms with Gasteiger partial charge in [-0.1, -0.05) is 0 Å². The van der Waals surface area contributed by atoms with Gasteiger partial charge in [-0.05, 0) is 18.6 Å². The summed E-state index contributed by atoms with van der Waals surface area (Å²) < 4.78 is 22.6. The molecule has 3 nitrogen and oxygen atoms in total. The molecule has 1 N–H and O–H groups in total. The topological polar surface area (TPSA) is 46.5 Å². The fourth-order valence-corrected chi connectivity index (χ4v) is 1.28. The van der Waals surface area contributed by atoms with Gasteiger partial charge < -0.3 is 0 Å². The number of hydrogen-bond acceptors (Lipinski definition) is 4. The Hall–Kier alpha value is 0.770. The zero-order chi connectivity index (χ0) is 7.98. The highest BCUT2D eigenvalue weighted by Gasteiger charge is 2.04. The van der Waals surface area contributed by atoms with Gasteiger partial charge in [-0.3, -0.25) is 8.74 Å². The number of rotatable bonds is 5. The maximum absolute atomic E-state index is 9.99. The minimum Gasteiger partial charge on any atom is -0.284 e. The third-order valence-corrected chi connectivity index (χ3v) is 2.02. The Morgan fingerprint density at radius 1 is 1.70 bits per heavy atom. The predicted molar refractivity (Wildman–Crippen MR) is 47.7 cm³/mol. The van der Waals surface area contributed by atoms with Crippen LogP contribution >= 0.6 is 25.3 Å². The Bertz CT molecular complexity index is 108. The van der Waals surface area contributed by atoms with Gasteiger partial charge in [-0.25, -0.2) is 0 Å². The molecule has 0 aromatic carbocycles. The van der Waals surface area contributed by atoms with Crippen molar-refractivity contribution in [3.8, 4) is 0 Å². The van der Waals surface area contributed by atoms with Gasteiger partial charge in [0.1, 0.15) is 5.44 Å². The molecule has 0 radical (unpaired) electrons. The van der Waals surface area contributed by atoms with Gasteiger partial charge in [0.2, 0.25) is 0 Å². The van der Waals surface area contributed by atoms with E-state index in [2.05, 4.69) is 29.4 Å². The lowest BCUT2D eigenvalue weighted by Gasteiger charge is -2.05. The molecule has 0 heterocycles. The van der Waals surface area contributed by atoms with E-state index in [4.69, 9.17) is 4.55 Å². The predicted octanol–water partition coefficient (Wildman–Crippen LogP) is 1.11. The molecule has 0 aliphatic heterocycles. The molecule has 62 valence electrons. The summed E-state index contributed by atoms with van der Waals surface area (Å²) in [5.41, 5.74) is -0.460. The summed E-state index contributed by atoms with van der Waals surface area (Å²) in [5, 5.41) is 0. The van der Waals surface area contributed by atoms with Crippen molar-refractivity contribution in [2.45, 2.75) is 18.3 Å². The molecule has 0 amide bonds. The molecule has 2 unspecified atom stereocenters. The van der Waals surface area contributed by atoms with Gasteiger partial charge in [0.05, 0.1) is 0 Å². The molecule has 0 aliphatic rings. The largest absolute Gasteiger partial charge is 0.303 e. The van der Waals surface area contributed by atoms with E-state index in [1.165, 1.54) is 0 Å². The Morgan fingerprint density at radius 3 is 2.70 bits per heavy atom. The van der Waals surface area contributed by atoms with E-state index in [9.17, 15) is 4.21 Å². The zero-order valence-electron chi connectivity index (χ0n) is 5.27. The monoisotopic (exact) mass is 202 g/mol. The summed E-state index contributed by atoms with van der Waals surface area (Å²) in [4.78, 5) is 0. The van der Waals surface area contributed by atoms with Crippen LogP contribution in [-0.2, 0) is 15.5 Å². The maximum Gasteiger partial charge on any atom is 0.303 e. The van der Waals surface area contributed by atoms with Crippen molar-refractivity contribution >= 4 is 36.6 Å². The Kier molecular flexibility index (Phi) is 6.98. The third-order valence-electron chi connectivity index (χ3n) is 0.803. The van der Waals surface area contributed by atoms with Crippen molar-refractivity contribution in [2.24, 2.45) is 0 Å². The van der Waals surface area contributed by atoms with Crippen LogP contribution in [-0.4, -0.2) is 20.0 Å². The van der Waals surface area contributed by atoms with Crippen LogP contribution in [0.2, 0.25) is 0 Å². The first-order valence-electron chi connectivity index (χ1n) is 2.73. The van der Waals surface area contributed by atoms with E-state index in [1.54, 1.807) is 0 Å². The molecule has 0 saturated heterocycles. The summed E-state index contributed by atoms with van der Waals surface area (Å²) >= 11 is 5.65. The summed E-state index contributed by atoms with van der Waals surface area (Å²) in [6.07, 6.45) is 1.47. The first-order chi connectivity index (χ1) is 4.66. The minimum absolute atomic E-state index is 0.460. The highest BCUT2D eigenvalue weighted by atomic mass is 32.2. The first kappa shape index (κ1) is 10.8. The fraction of sp³-hybridized carbons (Fsp3) is 1.00. The van der Waals surface area contributed by atoms with Crippen LogP contribution in [0.4, 0.5) is 0 Å². The molecule has 0 bridgehead atoms. The SMILES string of the molecule is O=S(O)OC(S)CCCS. The van der Waals surface area contributed by atoms with Gasteiger partial charge >= 0.3 is 11.4 Å². The Morgan fingerprint density at radius 2 is 2.30 bits per heavy atom. The molecular weight excluding hydrogens is 192 g/mol. The smallest absolute Gasteiger partial charge is 0.284 e. The lowest BCUT2D eigenvalue weighted by atomic mass is 10.4. The van der Waals surface area contributed by atoms with Crippen molar-refractivity contribution < 1.29 is 12.9 Å².